The molecule has 0 amide bonds. The van der Waals surface area contributed by atoms with Crippen molar-refractivity contribution in [3.8, 4) is 0 Å². The van der Waals surface area contributed by atoms with E-state index in [-0.39, 0.29) is 5.82 Å². The summed E-state index contributed by atoms with van der Waals surface area (Å²) in [5, 5.41) is 0. The molecular weight excluding hydrogens is 499 g/mol. The van der Waals surface area contributed by atoms with Crippen molar-refractivity contribution < 1.29 is 4.39 Å². The zero-order valence-electron chi connectivity index (χ0n) is 27.0. The Hall–Kier alpha value is -3.19. The van der Waals surface area contributed by atoms with Crippen molar-refractivity contribution in [1.82, 2.24) is 0 Å². The fourth-order valence-corrected chi connectivity index (χ4v) is 3.69. The van der Waals surface area contributed by atoms with Crippen LogP contribution in [0, 0.1) is 5.82 Å². The van der Waals surface area contributed by atoms with Crippen LogP contribution in [0.25, 0.3) is 0 Å². The molecule has 0 atom stereocenters. The molecule has 0 unspecified atom stereocenters. The van der Waals surface area contributed by atoms with Crippen LogP contribution in [0.15, 0.2) is 127 Å². The van der Waals surface area contributed by atoms with Crippen LogP contribution in [-0.2, 0) is 12.8 Å². The standard InChI is InChI=1S/C16H19F.C12H18.C8H10.C4H10/c1-4-14(6-5-13(2)3)7-8-15-9-11-16(17)12-10-15;1-2-3-4-6-9-12-10-7-5-8-11-12;1-7(2)8-5-3-4-6-8;1-3-4-2/h4-6,9-12H,2,7-8H2,1,3H3;5,7-8,10-11H,2-4,6,9H2,1H3;3,5-6H,1,4H2,2H3;3-4H2,1-2H3/b6-5-,14-4+;;;. The minimum Gasteiger partial charge on any atom is -0.207 e. The maximum atomic E-state index is 12.7. The fourth-order valence-electron chi connectivity index (χ4n) is 3.69. The highest BCUT2D eigenvalue weighted by Crippen LogP contribution is 2.15. The van der Waals surface area contributed by atoms with Crippen LogP contribution < -0.4 is 0 Å². The summed E-state index contributed by atoms with van der Waals surface area (Å²) < 4.78 is 12.7. The van der Waals surface area contributed by atoms with Gasteiger partial charge in [0, 0.05) is 0 Å². The molecule has 0 aliphatic heterocycles. The molecule has 2 aromatic carbocycles. The molecule has 0 N–H and O–H groups in total. The third-order valence-electron chi connectivity index (χ3n) is 6.49. The Bertz CT molecular complexity index is 1060. The average molecular weight is 557 g/mol. The zero-order chi connectivity index (χ0) is 30.7. The van der Waals surface area contributed by atoms with Gasteiger partial charge in [-0.25, -0.2) is 4.39 Å². The van der Waals surface area contributed by atoms with Crippen molar-refractivity contribution in [2.75, 3.05) is 0 Å². The number of aryl methyl sites for hydroxylation is 2. The zero-order valence-corrected chi connectivity index (χ0v) is 27.0. The first-order valence-electron chi connectivity index (χ1n) is 15.6. The molecule has 2 aromatic rings. The smallest absolute Gasteiger partial charge is 0.123 e. The molecule has 0 radical (unpaired) electrons. The Morgan fingerprint density at radius 2 is 1.41 bits per heavy atom. The maximum absolute atomic E-state index is 12.7. The number of hydrogen-bond acceptors (Lipinski definition) is 0. The summed E-state index contributed by atoms with van der Waals surface area (Å²) in [7, 11) is 0. The maximum Gasteiger partial charge on any atom is 0.123 e. The van der Waals surface area contributed by atoms with Crippen LogP contribution in [0.2, 0.25) is 0 Å². The molecule has 1 heteroatoms. The monoisotopic (exact) mass is 556 g/mol. The molecule has 1 aliphatic carbocycles. The topological polar surface area (TPSA) is 0 Å². The summed E-state index contributed by atoms with van der Waals surface area (Å²) in [5.74, 6) is -0.179. The SMILES string of the molecule is C=C(C)/C=C\C(=C/C)CCc1ccc(F)cc1.C=C(C)C1=CCC=C1.CCCC.CCCCCCc1ccccc1. The van der Waals surface area contributed by atoms with Gasteiger partial charge in [0.1, 0.15) is 5.82 Å². The van der Waals surface area contributed by atoms with E-state index < -0.39 is 0 Å². The van der Waals surface area contributed by atoms with E-state index in [4.69, 9.17) is 0 Å². The van der Waals surface area contributed by atoms with Gasteiger partial charge in [-0.15, -0.1) is 0 Å². The first-order valence-corrected chi connectivity index (χ1v) is 15.6. The van der Waals surface area contributed by atoms with Crippen molar-refractivity contribution >= 4 is 0 Å². The van der Waals surface area contributed by atoms with E-state index in [0.717, 1.165) is 30.4 Å². The van der Waals surface area contributed by atoms with Crippen molar-refractivity contribution in [2.24, 2.45) is 0 Å². The number of allylic oxidation sites excluding steroid dienone is 10. The Morgan fingerprint density at radius 3 is 1.88 bits per heavy atom. The van der Waals surface area contributed by atoms with Crippen molar-refractivity contribution in [2.45, 2.75) is 106 Å². The van der Waals surface area contributed by atoms with Crippen molar-refractivity contribution in [1.29, 1.82) is 0 Å². The van der Waals surface area contributed by atoms with Gasteiger partial charge in [-0.1, -0.05) is 162 Å². The van der Waals surface area contributed by atoms with Crippen LogP contribution >= 0.6 is 0 Å². The van der Waals surface area contributed by atoms with Crippen LogP contribution in [0.3, 0.4) is 0 Å². The second-order valence-corrected chi connectivity index (χ2v) is 10.5. The third kappa shape index (κ3) is 22.2. The molecule has 0 saturated carbocycles. The minimum absolute atomic E-state index is 0.179. The summed E-state index contributed by atoms with van der Waals surface area (Å²) in [6, 6.07) is 17.4. The molecular formula is C40H57F. The van der Waals surface area contributed by atoms with Gasteiger partial charge < -0.3 is 0 Å². The molecule has 1 aliphatic rings. The van der Waals surface area contributed by atoms with Crippen LogP contribution in [-0.4, -0.2) is 0 Å². The number of unbranched alkanes of at least 4 members (excludes halogenated alkanes) is 4. The summed E-state index contributed by atoms with van der Waals surface area (Å²) in [6.07, 6.45) is 24.9. The van der Waals surface area contributed by atoms with Crippen molar-refractivity contribution in [3.63, 3.8) is 0 Å². The summed E-state index contributed by atoms with van der Waals surface area (Å²) in [6.45, 7) is 20.3. The van der Waals surface area contributed by atoms with Crippen molar-refractivity contribution in [3.05, 3.63) is 143 Å². The number of benzene rings is 2. The Kier molecular flexibility index (Phi) is 23.8. The Morgan fingerprint density at radius 1 is 0.780 bits per heavy atom. The Balaban J connectivity index is 0.000000578. The highest BCUT2D eigenvalue weighted by atomic mass is 19.1. The molecule has 0 saturated heterocycles. The second kappa shape index (κ2) is 25.8. The lowest BCUT2D eigenvalue weighted by atomic mass is 10.0. The highest BCUT2D eigenvalue weighted by Gasteiger charge is 1.97. The van der Waals surface area contributed by atoms with Crippen LogP contribution in [0.4, 0.5) is 4.39 Å². The molecule has 3 rings (SSSR count). The molecule has 224 valence electrons. The molecule has 0 spiro atoms. The average Bonchev–Trinajstić information content (AvgIpc) is 3.54. The van der Waals surface area contributed by atoms with Gasteiger partial charge in [0.2, 0.25) is 0 Å². The summed E-state index contributed by atoms with van der Waals surface area (Å²) in [4.78, 5) is 0. The van der Waals surface area contributed by atoms with Crippen LogP contribution in [0.1, 0.15) is 104 Å². The molecule has 0 aromatic heterocycles. The van der Waals surface area contributed by atoms with Gasteiger partial charge in [0.25, 0.3) is 0 Å². The van der Waals surface area contributed by atoms with Gasteiger partial charge in [0.15, 0.2) is 0 Å². The lowest BCUT2D eigenvalue weighted by molar-refractivity contribution is 0.627. The number of rotatable bonds is 12. The van der Waals surface area contributed by atoms with Gasteiger partial charge in [-0.2, -0.15) is 0 Å². The number of halogens is 1. The first kappa shape index (κ1) is 37.8. The second-order valence-electron chi connectivity index (χ2n) is 10.5. The van der Waals surface area contributed by atoms with E-state index in [1.165, 1.54) is 79.4 Å². The fraction of sp³-hybridized carbons (Fsp3) is 0.400. The quantitative estimate of drug-likeness (QED) is 0.180. The van der Waals surface area contributed by atoms with Gasteiger partial charge in [-0.05, 0) is 81.7 Å². The van der Waals surface area contributed by atoms with Crippen LogP contribution in [0.5, 0.6) is 0 Å². The van der Waals surface area contributed by atoms with Gasteiger partial charge >= 0.3 is 0 Å². The normalized spacial score (nSPS) is 11.9. The van der Waals surface area contributed by atoms with E-state index in [0.29, 0.717) is 0 Å². The van der Waals surface area contributed by atoms with E-state index in [9.17, 15) is 4.39 Å². The lowest BCUT2D eigenvalue weighted by Gasteiger charge is -2.03. The molecule has 0 fully saturated rings. The third-order valence-corrected chi connectivity index (χ3v) is 6.49. The summed E-state index contributed by atoms with van der Waals surface area (Å²) >= 11 is 0. The molecule has 41 heavy (non-hydrogen) atoms. The van der Waals surface area contributed by atoms with E-state index in [1.807, 2.05) is 39.0 Å². The highest BCUT2D eigenvalue weighted by molar-refractivity contribution is 5.40. The van der Waals surface area contributed by atoms with Gasteiger partial charge in [0.05, 0.1) is 0 Å². The molecule has 0 heterocycles. The largest absolute Gasteiger partial charge is 0.207 e. The minimum atomic E-state index is -0.179. The predicted molar refractivity (Wildman–Crippen MR) is 184 cm³/mol. The molecule has 0 bridgehead atoms. The van der Waals surface area contributed by atoms with Gasteiger partial charge in [-0.3, -0.25) is 0 Å². The van der Waals surface area contributed by atoms with E-state index in [1.54, 1.807) is 0 Å². The molecule has 0 nitrogen and oxygen atoms in total. The number of hydrogen-bond donors (Lipinski definition) is 0. The van der Waals surface area contributed by atoms with E-state index >= 15 is 0 Å². The first-order chi connectivity index (χ1) is 19.8. The lowest BCUT2D eigenvalue weighted by Crippen LogP contribution is -1.88. The van der Waals surface area contributed by atoms with E-state index in [2.05, 4.69) is 94.6 Å². The predicted octanol–water partition coefficient (Wildman–Crippen LogP) is 12.9. The summed E-state index contributed by atoms with van der Waals surface area (Å²) in [5.41, 5.74) is 7.43. The Labute approximate surface area is 253 Å².